The van der Waals surface area contributed by atoms with Crippen LogP contribution < -0.4 is 14.8 Å². The monoisotopic (exact) mass is 295 g/mol. The molecule has 1 aromatic carbocycles. The minimum absolute atomic E-state index is 0.370. The molecule has 0 radical (unpaired) electrons. The first-order valence-electron chi connectivity index (χ1n) is 7.36. The van der Waals surface area contributed by atoms with E-state index in [-0.39, 0.29) is 0 Å². The van der Waals surface area contributed by atoms with Crippen LogP contribution in [0, 0.1) is 0 Å². The Morgan fingerprint density at radius 1 is 1.20 bits per heavy atom. The lowest BCUT2D eigenvalue weighted by Crippen LogP contribution is -2.31. The summed E-state index contributed by atoms with van der Waals surface area (Å²) in [5, 5.41) is 4.28. The van der Waals surface area contributed by atoms with Gasteiger partial charge in [-0.1, -0.05) is 13.3 Å². The Morgan fingerprint density at radius 3 is 2.40 bits per heavy atom. The minimum Gasteiger partial charge on any atom is -0.497 e. The molecule has 0 bridgehead atoms. The lowest BCUT2D eigenvalue weighted by Gasteiger charge is -2.31. The summed E-state index contributed by atoms with van der Waals surface area (Å²) in [5.41, 5.74) is 1.27. The number of benzene rings is 1. The van der Waals surface area contributed by atoms with Gasteiger partial charge in [-0.05, 0) is 42.8 Å². The van der Waals surface area contributed by atoms with Crippen molar-refractivity contribution < 1.29 is 9.47 Å². The van der Waals surface area contributed by atoms with Gasteiger partial charge in [0.05, 0.1) is 14.2 Å². The summed E-state index contributed by atoms with van der Waals surface area (Å²) in [6.45, 7) is 3.14. The van der Waals surface area contributed by atoms with Gasteiger partial charge in [0, 0.05) is 17.4 Å². The molecule has 0 amide bonds. The van der Waals surface area contributed by atoms with Crippen LogP contribution in [-0.4, -0.2) is 31.8 Å². The number of ether oxygens (including phenoxy) is 2. The van der Waals surface area contributed by atoms with Crippen molar-refractivity contribution in [3.63, 3.8) is 0 Å². The molecule has 1 fully saturated rings. The topological polar surface area (TPSA) is 30.5 Å². The molecule has 2 rings (SSSR count). The second-order valence-electron chi connectivity index (χ2n) is 5.09. The number of hydrogen-bond donors (Lipinski definition) is 1. The molecule has 1 saturated heterocycles. The summed E-state index contributed by atoms with van der Waals surface area (Å²) in [6.07, 6.45) is 3.96. The van der Waals surface area contributed by atoms with Gasteiger partial charge < -0.3 is 14.8 Å². The van der Waals surface area contributed by atoms with Gasteiger partial charge >= 0.3 is 0 Å². The zero-order valence-electron chi connectivity index (χ0n) is 12.6. The molecule has 2 unspecified atom stereocenters. The molecule has 0 aliphatic carbocycles. The predicted molar refractivity (Wildman–Crippen MR) is 86.1 cm³/mol. The van der Waals surface area contributed by atoms with Gasteiger partial charge in [0.2, 0.25) is 0 Å². The highest BCUT2D eigenvalue weighted by Gasteiger charge is 2.25. The first-order valence-corrected chi connectivity index (χ1v) is 8.41. The molecular weight excluding hydrogens is 270 g/mol. The zero-order chi connectivity index (χ0) is 14.4. The summed E-state index contributed by atoms with van der Waals surface area (Å²) in [5.74, 6) is 3.00. The van der Waals surface area contributed by atoms with Crippen molar-refractivity contribution in [2.45, 2.75) is 37.5 Å². The third kappa shape index (κ3) is 3.83. The summed E-state index contributed by atoms with van der Waals surface area (Å²) < 4.78 is 10.8. The number of hydrogen-bond acceptors (Lipinski definition) is 4. The van der Waals surface area contributed by atoms with Crippen LogP contribution >= 0.6 is 11.8 Å². The quantitative estimate of drug-likeness (QED) is 0.868. The van der Waals surface area contributed by atoms with Crippen LogP contribution in [0.1, 0.15) is 37.8 Å². The molecule has 1 aliphatic heterocycles. The van der Waals surface area contributed by atoms with Crippen LogP contribution in [0.4, 0.5) is 0 Å². The second-order valence-corrected chi connectivity index (χ2v) is 6.43. The van der Waals surface area contributed by atoms with Crippen molar-refractivity contribution in [3.8, 4) is 11.5 Å². The van der Waals surface area contributed by atoms with Gasteiger partial charge in [0.1, 0.15) is 11.5 Å². The average molecular weight is 295 g/mol. The number of nitrogens with one attached hydrogen (secondary N) is 1. The maximum atomic E-state index is 5.40. The first kappa shape index (κ1) is 15.5. The standard InChI is InChI=1S/C16H25NO2S/c1-4-17-16(15-7-5-6-8-20-15)12-9-13(18-2)11-14(10-12)19-3/h9-11,15-17H,4-8H2,1-3H3. The largest absolute Gasteiger partial charge is 0.497 e. The second kappa shape index (κ2) is 7.79. The third-order valence-corrected chi connectivity index (χ3v) is 5.20. The molecule has 3 nitrogen and oxygen atoms in total. The Hall–Kier alpha value is -0.870. The van der Waals surface area contributed by atoms with Crippen LogP contribution in [0.15, 0.2) is 18.2 Å². The summed E-state index contributed by atoms with van der Waals surface area (Å²) in [7, 11) is 3.41. The molecule has 112 valence electrons. The molecule has 1 N–H and O–H groups in total. The number of thioether (sulfide) groups is 1. The van der Waals surface area contributed by atoms with Crippen LogP contribution in [0.5, 0.6) is 11.5 Å². The zero-order valence-corrected chi connectivity index (χ0v) is 13.5. The Bertz CT molecular complexity index is 397. The van der Waals surface area contributed by atoms with Crippen LogP contribution in [0.3, 0.4) is 0 Å². The van der Waals surface area contributed by atoms with Crippen LogP contribution in [0.25, 0.3) is 0 Å². The lowest BCUT2D eigenvalue weighted by atomic mass is 9.98. The third-order valence-electron chi connectivity index (χ3n) is 3.74. The Balaban J connectivity index is 2.27. The molecule has 4 heteroatoms. The van der Waals surface area contributed by atoms with E-state index in [4.69, 9.17) is 9.47 Å². The molecule has 1 aliphatic rings. The summed E-state index contributed by atoms with van der Waals surface area (Å²) in [4.78, 5) is 0. The van der Waals surface area contributed by atoms with E-state index in [2.05, 4.69) is 36.1 Å². The van der Waals surface area contributed by atoms with Crippen molar-refractivity contribution in [3.05, 3.63) is 23.8 Å². The fraction of sp³-hybridized carbons (Fsp3) is 0.625. The maximum Gasteiger partial charge on any atom is 0.122 e. The van der Waals surface area contributed by atoms with Gasteiger partial charge in [-0.25, -0.2) is 0 Å². The van der Waals surface area contributed by atoms with E-state index in [0.717, 1.165) is 18.0 Å². The first-order chi connectivity index (χ1) is 9.78. The fourth-order valence-electron chi connectivity index (χ4n) is 2.72. The number of methoxy groups -OCH3 is 2. The highest BCUT2D eigenvalue weighted by atomic mass is 32.2. The molecule has 1 aromatic rings. The van der Waals surface area contributed by atoms with Crippen molar-refractivity contribution in [1.29, 1.82) is 0 Å². The Labute approximate surface area is 126 Å². The van der Waals surface area contributed by atoms with Gasteiger partial charge in [-0.2, -0.15) is 11.8 Å². The molecule has 0 aromatic heterocycles. The molecule has 0 spiro atoms. The molecule has 0 saturated carbocycles. The smallest absolute Gasteiger partial charge is 0.122 e. The van der Waals surface area contributed by atoms with Gasteiger partial charge in [0.25, 0.3) is 0 Å². The minimum atomic E-state index is 0.370. The van der Waals surface area contributed by atoms with E-state index >= 15 is 0 Å². The van der Waals surface area contributed by atoms with E-state index in [9.17, 15) is 0 Å². The highest BCUT2D eigenvalue weighted by molar-refractivity contribution is 8.00. The molecular formula is C16H25NO2S. The van der Waals surface area contributed by atoms with Gasteiger partial charge in [-0.15, -0.1) is 0 Å². The average Bonchev–Trinajstić information content (AvgIpc) is 2.52. The van der Waals surface area contributed by atoms with E-state index < -0.39 is 0 Å². The van der Waals surface area contributed by atoms with Crippen molar-refractivity contribution in [2.75, 3.05) is 26.5 Å². The van der Waals surface area contributed by atoms with E-state index in [0.29, 0.717) is 11.3 Å². The van der Waals surface area contributed by atoms with Crippen LogP contribution in [0.2, 0.25) is 0 Å². The predicted octanol–water partition coefficient (Wildman–Crippen LogP) is 3.64. The van der Waals surface area contributed by atoms with E-state index in [1.807, 2.05) is 6.07 Å². The SMILES string of the molecule is CCNC(c1cc(OC)cc(OC)c1)C1CCCCS1. The van der Waals surface area contributed by atoms with E-state index in [1.165, 1.54) is 30.6 Å². The van der Waals surface area contributed by atoms with Gasteiger partial charge in [0.15, 0.2) is 0 Å². The Morgan fingerprint density at radius 2 is 1.90 bits per heavy atom. The van der Waals surface area contributed by atoms with Crippen molar-refractivity contribution in [1.82, 2.24) is 5.32 Å². The molecule has 2 atom stereocenters. The van der Waals surface area contributed by atoms with Crippen LogP contribution in [-0.2, 0) is 0 Å². The summed E-state index contributed by atoms with van der Waals surface area (Å²) >= 11 is 2.09. The number of rotatable bonds is 6. The Kier molecular flexibility index (Phi) is 6.05. The van der Waals surface area contributed by atoms with Crippen molar-refractivity contribution in [2.24, 2.45) is 0 Å². The highest BCUT2D eigenvalue weighted by Crippen LogP contribution is 2.37. The van der Waals surface area contributed by atoms with Crippen molar-refractivity contribution >= 4 is 11.8 Å². The molecule has 1 heterocycles. The fourth-order valence-corrected chi connectivity index (χ4v) is 4.17. The van der Waals surface area contributed by atoms with E-state index in [1.54, 1.807) is 14.2 Å². The summed E-state index contributed by atoms with van der Waals surface area (Å²) in [6, 6.07) is 6.56. The lowest BCUT2D eigenvalue weighted by molar-refractivity contribution is 0.390. The normalized spacial score (nSPS) is 20.4. The molecule has 20 heavy (non-hydrogen) atoms. The van der Waals surface area contributed by atoms with Gasteiger partial charge in [-0.3, -0.25) is 0 Å². The maximum absolute atomic E-state index is 5.40.